The highest BCUT2D eigenvalue weighted by Crippen LogP contribution is 2.30. The average molecular weight is 591 g/mol. The third kappa shape index (κ3) is 8.82. The Balaban J connectivity index is 1.26. The van der Waals surface area contributed by atoms with Crippen molar-refractivity contribution in [2.75, 3.05) is 50.9 Å². The Labute approximate surface area is 251 Å². The Bertz CT molecular complexity index is 1370. The van der Waals surface area contributed by atoms with E-state index in [1.165, 1.54) is 30.3 Å². The molecule has 1 saturated heterocycles. The molecule has 228 valence electrons. The van der Waals surface area contributed by atoms with Crippen LogP contribution in [0.3, 0.4) is 0 Å². The molecule has 2 atom stereocenters. The van der Waals surface area contributed by atoms with E-state index in [1.807, 2.05) is 30.3 Å². The first-order chi connectivity index (χ1) is 20.9. The molecule has 1 saturated carbocycles. The predicted octanol–water partition coefficient (Wildman–Crippen LogP) is 5.44. The van der Waals surface area contributed by atoms with Crippen LogP contribution in [0.2, 0.25) is 0 Å². The summed E-state index contributed by atoms with van der Waals surface area (Å²) >= 11 is 0. The molecule has 10 heteroatoms. The van der Waals surface area contributed by atoms with E-state index in [9.17, 15) is 19.3 Å². The first kappa shape index (κ1) is 30.6. The van der Waals surface area contributed by atoms with Gasteiger partial charge in [-0.2, -0.15) is 0 Å². The lowest BCUT2D eigenvalue weighted by Gasteiger charge is -2.34. The molecule has 3 aromatic carbocycles. The monoisotopic (exact) mass is 590 g/mol. The van der Waals surface area contributed by atoms with Crippen LogP contribution in [0, 0.1) is 21.8 Å². The van der Waals surface area contributed by atoms with E-state index < -0.39 is 0 Å². The molecule has 1 aliphatic carbocycles. The van der Waals surface area contributed by atoms with E-state index >= 15 is 0 Å². The maximum Gasteiger partial charge on any atom is 0.269 e. The molecule has 2 unspecified atom stereocenters. The lowest BCUT2D eigenvalue weighted by atomic mass is 9.85. The number of rotatable bonds is 12. The summed E-state index contributed by atoms with van der Waals surface area (Å²) in [5.74, 6) is 0.371. The standard InChI is InChI=1S/C33H39FN4O5/c34-28-12-10-27(11-13-28)33(39)37(30-7-3-9-32(22-30)43-19-16-36-14-17-42-18-15-36)24-26-5-1-6-29(20-26)35-23-25-4-2-8-31(21-25)38(40)41/h2-4,7-13,21-22,26,29,35H,1,5-6,14-20,23-24H2. The van der Waals surface area contributed by atoms with E-state index in [1.54, 1.807) is 17.0 Å². The summed E-state index contributed by atoms with van der Waals surface area (Å²) in [6.45, 7) is 5.67. The molecular weight excluding hydrogens is 551 g/mol. The van der Waals surface area contributed by atoms with Crippen LogP contribution in [0.5, 0.6) is 5.75 Å². The number of benzene rings is 3. The number of non-ortho nitro benzene ring substituents is 1. The molecule has 3 aromatic rings. The number of ether oxygens (including phenoxy) is 2. The number of halogens is 1. The number of nitrogens with one attached hydrogen (secondary N) is 1. The fraction of sp³-hybridized carbons (Fsp3) is 0.424. The van der Waals surface area contributed by atoms with Gasteiger partial charge in [-0.1, -0.05) is 24.6 Å². The molecule has 0 bridgehead atoms. The van der Waals surface area contributed by atoms with Gasteiger partial charge in [-0.3, -0.25) is 19.8 Å². The maximum absolute atomic E-state index is 13.8. The number of nitrogens with zero attached hydrogens (tertiary/aromatic N) is 3. The topological polar surface area (TPSA) is 97.2 Å². The minimum atomic E-state index is -0.385. The van der Waals surface area contributed by atoms with Gasteiger partial charge < -0.3 is 19.7 Å². The van der Waals surface area contributed by atoms with Gasteiger partial charge in [-0.15, -0.1) is 0 Å². The highest BCUT2D eigenvalue weighted by atomic mass is 19.1. The van der Waals surface area contributed by atoms with Gasteiger partial charge in [-0.05, 0) is 67.1 Å². The first-order valence-corrected chi connectivity index (χ1v) is 15.0. The van der Waals surface area contributed by atoms with Crippen LogP contribution >= 0.6 is 0 Å². The molecule has 9 nitrogen and oxygen atoms in total. The minimum absolute atomic E-state index is 0.0862. The number of amides is 1. The molecule has 0 spiro atoms. The largest absolute Gasteiger partial charge is 0.492 e. The predicted molar refractivity (Wildman–Crippen MR) is 163 cm³/mol. The van der Waals surface area contributed by atoms with E-state index in [0.717, 1.165) is 69.8 Å². The molecule has 43 heavy (non-hydrogen) atoms. The fourth-order valence-corrected chi connectivity index (χ4v) is 5.86. The molecule has 1 heterocycles. The summed E-state index contributed by atoms with van der Waals surface area (Å²) < 4.78 is 25.2. The van der Waals surface area contributed by atoms with Crippen LogP contribution in [0.15, 0.2) is 72.8 Å². The van der Waals surface area contributed by atoms with E-state index in [0.29, 0.717) is 31.0 Å². The van der Waals surface area contributed by atoms with Gasteiger partial charge in [0.15, 0.2) is 0 Å². The normalized spacial score (nSPS) is 19.1. The van der Waals surface area contributed by atoms with Crippen LogP contribution in [-0.4, -0.2) is 67.8 Å². The number of carbonyl (C=O) groups excluding carboxylic acids is 1. The molecule has 2 fully saturated rings. The van der Waals surface area contributed by atoms with Crippen molar-refractivity contribution in [1.29, 1.82) is 0 Å². The van der Waals surface area contributed by atoms with Crippen LogP contribution in [-0.2, 0) is 11.3 Å². The van der Waals surface area contributed by atoms with Gasteiger partial charge in [0.05, 0.1) is 18.1 Å². The van der Waals surface area contributed by atoms with Crippen molar-refractivity contribution in [3.05, 3.63) is 99.9 Å². The molecule has 0 aromatic heterocycles. The Hall–Kier alpha value is -3.86. The lowest BCUT2D eigenvalue weighted by Crippen LogP contribution is -2.40. The number of nitro groups is 1. The fourth-order valence-electron chi connectivity index (χ4n) is 5.86. The first-order valence-electron chi connectivity index (χ1n) is 15.0. The average Bonchev–Trinajstić information content (AvgIpc) is 3.04. The quantitative estimate of drug-likeness (QED) is 0.222. The molecule has 1 amide bonds. The van der Waals surface area contributed by atoms with Crippen molar-refractivity contribution in [3.8, 4) is 5.75 Å². The minimum Gasteiger partial charge on any atom is -0.492 e. The van der Waals surface area contributed by atoms with E-state index in [-0.39, 0.29) is 34.3 Å². The molecule has 2 aliphatic rings. The highest BCUT2D eigenvalue weighted by molar-refractivity contribution is 6.06. The smallest absolute Gasteiger partial charge is 0.269 e. The van der Waals surface area contributed by atoms with Gasteiger partial charge in [0.2, 0.25) is 0 Å². The maximum atomic E-state index is 13.8. The van der Waals surface area contributed by atoms with Crippen molar-refractivity contribution >= 4 is 17.3 Å². The zero-order chi connectivity index (χ0) is 30.0. The SMILES string of the molecule is O=C(c1ccc(F)cc1)N(CC1CCCC(NCc2cccc([N+](=O)[O-])c2)C1)c1cccc(OCCN2CCOCC2)c1. The highest BCUT2D eigenvalue weighted by Gasteiger charge is 2.27. The molecule has 5 rings (SSSR count). The second-order valence-electron chi connectivity index (χ2n) is 11.3. The van der Waals surface area contributed by atoms with Crippen molar-refractivity contribution in [1.82, 2.24) is 10.2 Å². The summed E-state index contributed by atoms with van der Waals surface area (Å²) in [6.07, 6.45) is 3.88. The summed E-state index contributed by atoms with van der Waals surface area (Å²) in [7, 11) is 0. The summed E-state index contributed by atoms with van der Waals surface area (Å²) in [5.41, 5.74) is 2.12. The van der Waals surface area contributed by atoms with Gasteiger partial charge in [0.1, 0.15) is 18.2 Å². The third-order valence-electron chi connectivity index (χ3n) is 8.19. The van der Waals surface area contributed by atoms with Gasteiger partial charge in [0, 0.05) is 68.2 Å². The number of hydrogen-bond donors (Lipinski definition) is 1. The lowest BCUT2D eigenvalue weighted by molar-refractivity contribution is -0.384. The van der Waals surface area contributed by atoms with Gasteiger partial charge in [-0.25, -0.2) is 4.39 Å². The Kier molecular flexibility index (Phi) is 10.7. The zero-order valence-electron chi connectivity index (χ0n) is 24.3. The summed E-state index contributed by atoms with van der Waals surface area (Å²) in [6, 6.07) is 20.2. The zero-order valence-corrected chi connectivity index (χ0v) is 24.3. The summed E-state index contributed by atoms with van der Waals surface area (Å²) in [4.78, 5) is 28.7. The number of morpholine rings is 1. The van der Waals surface area contributed by atoms with Crippen LogP contribution in [0.1, 0.15) is 41.6 Å². The van der Waals surface area contributed by atoms with Crippen molar-refractivity contribution in [2.45, 2.75) is 38.3 Å². The van der Waals surface area contributed by atoms with E-state index in [2.05, 4.69) is 10.2 Å². The Morgan fingerprint density at radius 2 is 1.86 bits per heavy atom. The summed E-state index contributed by atoms with van der Waals surface area (Å²) in [5, 5.41) is 14.7. The molecular formula is C33H39FN4O5. The van der Waals surface area contributed by atoms with E-state index in [4.69, 9.17) is 9.47 Å². The molecule has 0 radical (unpaired) electrons. The number of anilines is 1. The Morgan fingerprint density at radius 3 is 2.65 bits per heavy atom. The van der Waals surface area contributed by atoms with Crippen molar-refractivity contribution in [2.24, 2.45) is 5.92 Å². The molecule has 1 aliphatic heterocycles. The van der Waals surface area contributed by atoms with Crippen LogP contribution in [0.25, 0.3) is 0 Å². The van der Waals surface area contributed by atoms with Crippen LogP contribution in [0.4, 0.5) is 15.8 Å². The van der Waals surface area contributed by atoms with Crippen LogP contribution < -0.4 is 15.0 Å². The molecule has 1 N–H and O–H groups in total. The van der Waals surface area contributed by atoms with Crippen molar-refractivity contribution in [3.63, 3.8) is 0 Å². The number of hydrogen-bond acceptors (Lipinski definition) is 7. The Morgan fingerprint density at radius 1 is 1.07 bits per heavy atom. The number of carbonyl (C=O) groups is 1. The second kappa shape index (κ2) is 15.0. The van der Waals surface area contributed by atoms with Gasteiger partial charge >= 0.3 is 0 Å². The third-order valence-corrected chi connectivity index (χ3v) is 8.19. The number of nitro benzene ring substituents is 1. The van der Waals surface area contributed by atoms with Gasteiger partial charge in [0.25, 0.3) is 11.6 Å². The second-order valence-corrected chi connectivity index (χ2v) is 11.3. The van der Waals surface area contributed by atoms with Crippen molar-refractivity contribution < 1.29 is 23.6 Å².